The molecule has 6 rings (SSSR count). The Balaban J connectivity index is 1.19. The second-order valence-corrected chi connectivity index (χ2v) is 13.6. The van der Waals surface area contributed by atoms with Gasteiger partial charge in [-0.3, -0.25) is 28.8 Å². The second kappa shape index (κ2) is 13.1. The van der Waals surface area contributed by atoms with E-state index in [1.54, 1.807) is 29.9 Å². The van der Waals surface area contributed by atoms with Gasteiger partial charge in [0.1, 0.15) is 23.6 Å². The first-order valence-corrected chi connectivity index (χ1v) is 16.8. The number of hydrogen-bond acceptors (Lipinski definition) is 6. The van der Waals surface area contributed by atoms with Crippen molar-refractivity contribution in [1.29, 1.82) is 0 Å². The minimum Gasteiger partial charge on any atom is -0.344 e. The number of aromatic nitrogens is 2. The van der Waals surface area contributed by atoms with Crippen molar-refractivity contribution in [3.63, 3.8) is 0 Å². The standard InChI is InChI=1S/C34H46FN7O4/c1-5-28(43)38-30(34(46)41-18-23-16-24(41)17-40(23)4)19(3)22-11-12-26(25(35)15-22)37-33(45)31(29(20-7-8-20)21-9-10-21)39-32(44)27-13-14-36-42(27)6-2/h11-15,19-21,23-24,29-31H,5-10,16-18H2,1-4H3,(H,37,45)(H,38,43)(H,39,44)/t19-,23-,24-,30+,31-/m0/s1. The lowest BCUT2D eigenvalue weighted by Gasteiger charge is -2.36. The van der Waals surface area contributed by atoms with Crippen LogP contribution in [-0.4, -0.2) is 87.5 Å². The average molecular weight is 636 g/mol. The SMILES string of the molecule is CCC(=O)N[C@@H](C(=O)N1C[C@@H]2C[C@H]1CN2C)[C@@H](C)c1ccc(NC(=O)[C@@H](NC(=O)c2ccnn2CC)C(C2CC2)C2CC2)c(F)c1. The number of rotatable bonds is 13. The summed E-state index contributed by atoms with van der Waals surface area (Å²) < 4.78 is 17.3. The molecule has 4 fully saturated rings. The van der Waals surface area contributed by atoms with E-state index in [0.29, 0.717) is 42.2 Å². The van der Waals surface area contributed by atoms with Gasteiger partial charge < -0.3 is 20.9 Å². The van der Waals surface area contributed by atoms with Gasteiger partial charge in [0, 0.05) is 50.3 Å². The molecule has 1 aromatic carbocycles. The zero-order chi connectivity index (χ0) is 32.7. The van der Waals surface area contributed by atoms with Gasteiger partial charge in [0.25, 0.3) is 5.91 Å². The lowest BCUT2D eigenvalue weighted by molar-refractivity contribution is -0.138. The molecule has 2 aliphatic heterocycles. The van der Waals surface area contributed by atoms with Gasteiger partial charge in [0.15, 0.2) is 0 Å². The first kappa shape index (κ1) is 32.2. The third-order valence-corrected chi connectivity index (χ3v) is 10.5. The van der Waals surface area contributed by atoms with Gasteiger partial charge in [0.2, 0.25) is 17.7 Å². The van der Waals surface area contributed by atoms with Crippen LogP contribution >= 0.6 is 0 Å². The Morgan fingerprint density at radius 3 is 2.26 bits per heavy atom. The number of nitrogens with zero attached hydrogens (tertiary/aromatic N) is 4. The van der Waals surface area contributed by atoms with Gasteiger partial charge in [0.05, 0.1) is 5.69 Å². The van der Waals surface area contributed by atoms with E-state index in [1.807, 2.05) is 18.7 Å². The summed E-state index contributed by atoms with van der Waals surface area (Å²) in [4.78, 5) is 57.5. The molecule has 3 heterocycles. The molecule has 1 aromatic heterocycles. The van der Waals surface area contributed by atoms with Crippen LogP contribution in [0.1, 0.15) is 81.3 Å². The molecule has 4 aliphatic rings. The number of aryl methyl sites for hydroxylation is 1. The first-order chi connectivity index (χ1) is 22.1. The number of likely N-dealkylation sites (tertiary alicyclic amines) is 2. The fourth-order valence-electron chi connectivity index (χ4n) is 7.53. The van der Waals surface area contributed by atoms with Gasteiger partial charge in [-0.25, -0.2) is 4.39 Å². The van der Waals surface area contributed by atoms with Crippen molar-refractivity contribution in [1.82, 2.24) is 30.2 Å². The lowest BCUT2D eigenvalue weighted by Crippen LogP contribution is -2.55. The highest BCUT2D eigenvalue weighted by Gasteiger charge is 2.49. The molecule has 5 atom stereocenters. The van der Waals surface area contributed by atoms with E-state index in [9.17, 15) is 19.2 Å². The quantitative estimate of drug-likeness (QED) is 0.310. The number of halogens is 1. The van der Waals surface area contributed by atoms with Crippen molar-refractivity contribution in [2.45, 2.75) is 95.9 Å². The molecule has 2 aliphatic carbocycles. The number of fused-ring (bicyclic) bond motifs is 2. The highest BCUT2D eigenvalue weighted by molar-refractivity contribution is 6.01. The molecular formula is C34H46FN7O4. The van der Waals surface area contributed by atoms with Gasteiger partial charge in [-0.2, -0.15) is 5.10 Å². The van der Waals surface area contributed by atoms with Crippen LogP contribution in [0.3, 0.4) is 0 Å². The largest absolute Gasteiger partial charge is 0.344 e. The van der Waals surface area contributed by atoms with Crippen molar-refractivity contribution in [2.24, 2.45) is 17.8 Å². The number of piperazine rings is 1. The van der Waals surface area contributed by atoms with Crippen LogP contribution in [0.4, 0.5) is 10.1 Å². The second-order valence-electron chi connectivity index (χ2n) is 13.6. The summed E-state index contributed by atoms with van der Waals surface area (Å²) in [6.45, 7) is 7.37. The number of carbonyl (C=O) groups is 4. The molecule has 0 unspecified atom stereocenters. The van der Waals surface area contributed by atoms with E-state index in [4.69, 9.17) is 0 Å². The Hall–Kier alpha value is -3.80. The third kappa shape index (κ3) is 6.54. The lowest BCUT2D eigenvalue weighted by atomic mass is 9.88. The minimum atomic E-state index is -0.842. The van der Waals surface area contributed by atoms with E-state index >= 15 is 4.39 Å². The van der Waals surface area contributed by atoms with Gasteiger partial charge in [-0.05, 0) is 87.6 Å². The highest BCUT2D eigenvalue weighted by atomic mass is 19.1. The molecule has 4 amide bonds. The topological polar surface area (TPSA) is 129 Å². The van der Waals surface area contributed by atoms with E-state index in [0.717, 1.165) is 38.6 Å². The molecule has 2 saturated carbocycles. The molecule has 248 valence electrons. The van der Waals surface area contributed by atoms with Crippen LogP contribution in [0.5, 0.6) is 0 Å². The first-order valence-electron chi connectivity index (χ1n) is 16.8. The predicted molar refractivity (Wildman–Crippen MR) is 170 cm³/mol. The number of hydrogen-bond donors (Lipinski definition) is 3. The molecule has 3 N–H and O–H groups in total. The van der Waals surface area contributed by atoms with Gasteiger partial charge in [-0.1, -0.05) is 19.9 Å². The van der Waals surface area contributed by atoms with Crippen molar-refractivity contribution >= 4 is 29.3 Å². The normalized spacial score (nSPS) is 22.9. The molecule has 2 bridgehead atoms. The fraction of sp³-hybridized carbons (Fsp3) is 0.618. The predicted octanol–water partition coefficient (Wildman–Crippen LogP) is 3.13. The van der Waals surface area contributed by atoms with Crippen molar-refractivity contribution in [3.8, 4) is 0 Å². The molecule has 0 spiro atoms. The van der Waals surface area contributed by atoms with Crippen LogP contribution in [0, 0.1) is 23.6 Å². The Kier molecular flexibility index (Phi) is 9.18. The Labute approximate surface area is 269 Å². The van der Waals surface area contributed by atoms with E-state index in [2.05, 4.69) is 33.0 Å². The number of carbonyl (C=O) groups excluding carboxylic acids is 4. The zero-order valence-corrected chi connectivity index (χ0v) is 27.2. The van der Waals surface area contributed by atoms with E-state index in [1.165, 1.54) is 12.1 Å². The minimum absolute atomic E-state index is 0.00417. The maximum absolute atomic E-state index is 15.7. The van der Waals surface area contributed by atoms with Crippen molar-refractivity contribution < 1.29 is 23.6 Å². The van der Waals surface area contributed by atoms with E-state index in [-0.39, 0.29) is 41.8 Å². The monoisotopic (exact) mass is 635 g/mol. The number of likely N-dealkylation sites (N-methyl/N-ethyl adjacent to an activating group) is 1. The Bertz CT molecular complexity index is 1470. The molecule has 0 radical (unpaired) electrons. The maximum atomic E-state index is 15.7. The number of anilines is 1. The van der Waals surface area contributed by atoms with Crippen molar-refractivity contribution in [2.75, 3.05) is 25.5 Å². The number of benzene rings is 1. The van der Waals surface area contributed by atoms with Crippen LogP contribution in [0.15, 0.2) is 30.5 Å². The van der Waals surface area contributed by atoms with Crippen molar-refractivity contribution in [3.05, 3.63) is 47.5 Å². The zero-order valence-electron chi connectivity index (χ0n) is 27.2. The van der Waals surface area contributed by atoms with Crippen LogP contribution < -0.4 is 16.0 Å². The molecule has 12 heteroatoms. The molecular weight excluding hydrogens is 589 g/mol. The summed E-state index contributed by atoms with van der Waals surface area (Å²) in [5.74, 6) is -1.68. The van der Waals surface area contributed by atoms with E-state index < -0.39 is 29.7 Å². The Morgan fingerprint density at radius 2 is 1.70 bits per heavy atom. The van der Waals surface area contributed by atoms with Crippen LogP contribution in [-0.2, 0) is 20.9 Å². The fourth-order valence-corrected chi connectivity index (χ4v) is 7.53. The van der Waals surface area contributed by atoms with Gasteiger partial charge in [-0.15, -0.1) is 0 Å². The maximum Gasteiger partial charge on any atom is 0.270 e. The molecule has 46 heavy (non-hydrogen) atoms. The number of nitrogens with one attached hydrogen (secondary N) is 3. The summed E-state index contributed by atoms with van der Waals surface area (Å²) in [6, 6.07) is 4.92. The summed E-state index contributed by atoms with van der Waals surface area (Å²) >= 11 is 0. The average Bonchev–Trinajstić information content (AvgIpc) is 3.95. The smallest absolute Gasteiger partial charge is 0.270 e. The summed E-state index contributed by atoms with van der Waals surface area (Å²) in [6.07, 6.45) is 6.75. The molecule has 2 saturated heterocycles. The van der Waals surface area contributed by atoms with Crippen LogP contribution in [0.2, 0.25) is 0 Å². The summed E-state index contributed by atoms with van der Waals surface area (Å²) in [5.41, 5.74) is 0.922. The van der Waals surface area contributed by atoms with Crippen LogP contribution in [0.25, 0.3) is 0 Å². The third-order valence-electron chi connectivity index (χ3n) is 10.5. The molecule has 11 nitrogen and oxygen atoms in total. The number of amides is 4. The summed E-state index contributed by atoms with van der Waals surface area (Å²) in [5, 5.41) is 12.8. The molecule has 2 aromatic rings. The van der Waals surface area contributed by atoms with Gasteiger partial charge >= 0.3 is 0 Å². The summed E-state index contributed by atoms with van der Waals surface area (Å²) in [7, 11) is 2.06. The Morgan fingerprint density at radius 1 is 0.978 bits per heavy atom. The highest BCUT2D eigenvalue weighted by Crippen LogP contribution is 2.51.